The highest BCUT2D eigenvalue weighted by Crippen LogP contribution is 1.93. The number of nitrogens with zero attached hydrogens (tertiary/aromatic N) is 7. The van der Waals surface area contributed by atoms with Gasteiger partial charge in [-0.3, -0.25) is 0 Å². The van der Waals surface area contributed by atoms with Crippen molar-refractivity contribution < 1.29 is 8.76 Å². The monoisotopic (exact) mass is 162 g/mol. The maximum Gasteiger partial charge on any atom is 0.155 e. The van der Waals surface area contributed by atoms with Gasteiger partial charge in [-0.25, -0.2) is 4.21 Å². The van der Waals surface area contributed by atoms with Gasteiger partial charge in [0.25, 0.3) is 0 Å². The van der Waals surface area contributed by atoms with Crippen LogP contribution in [0.25, 0.3) is 20.9 Å². The molecule has 0 fully saturated rings. The first kappa shape index (κ1) is 8.53. The average Bonchev–Trinajstić information content (AvgIpc) is 1.87. The fourth-order valence-electron chi connectivity index (χ4n) is 0.146. The van der Waals surface area contributed by atoms with Gasteiger partial charge in [0.15, 0.2) is 11.3 Å². The third-order valence-electron chi connectivity index (χ3n) is 0.366. The highest BCUT2D eigenvalue weighted by Gasteiger charge is 1.95. The number of rotatable bonds is 3. The lowest BCUT2D eigenvalue weighted by Gasteiger charge is -2.06. The predicted octanol–water partition coefficient (Wildman–Crippen LogP) is 0.533. The van der Waals surface area contributed by atoms with Crippen LogP contribution in [-0.2, 0) is 11.3 Å². The van der Waals surface area contributed by atoms with E-state index in [9.17, 15) is 8.76 Å². The van der Waals surface area contributed by atoms with Crippen LogP contribution in [-0.4, -0.2) is 13.3 Å². The van der Waals surface area contributed by atoms with Gasteiger partial charge in [-0.05, 0) is 0 Å². The van der Waals surface area contributed by atoms with E-state index in [4.69, 9.17) is 11.1 Å². The van der Waals surface area contributed by atoms with E-state index in [1.165, 1.54) is 0 Å². The van der Waals surface area contributed by atoms with E-state index >= 15 is 0 Å². The van der Waals surface area contributed by atoms with Gasteiger partial charge in [-0.2, -0.15) is 9.82 Å². The Balaban J connectivity index is 4.40. The molecule has 0 saturated heterocycles. The molecule has 0 aromatic rings. The average molecular weight is 162 g/mol. The first-order valence-corrected chi connectivity index (χ1v) is 2.75. The van der Waals surface area contributed by atoms with Crippen LogP contribution in [0.2, 0.25) is 0 Å². The van der Waals surface area contributed by atoms with Crippen molar-refractivity contribution in [3.63, 3.8) is 0 Å². The van der Waals surface area contributed by atoms with Crippen LogP contribution in [0.1, 0.15) is 0 Å². The van der Waals surface area contributed by atoms with Crippen LogP contribution in [0.15, 0.2) is 10.4 Å². The molecule has 0 bridgehead atoms. The van der Waals surface area contributed by atoms with E-state index in [-0.39, 0.29) is 4.52 Å². The molecule has 0 aromatic heterocycles. The van der Waals surface area contributed by atoms with Crippen molar-refractivity contribution in [2.75, 3.05) is 0 Å². The summed E-state index contributed by atoms with van der Waals surface area (Å²) in [4.78, 5) is 4.14. The molecule has 0 saturated carbocycles. The molecule has 0 rings (SSSR count). The molecule has 0 N–H and O–H groups in total. The number of hydrogen-bond donors (Lipinski definition) is 0. The molecule has 0 amide bonds. The molecule has 0 aliphatic carbocycles. The van der Waals surface area contributed by atoms with Gasteiger partial charge in [0, 0.05) is 10.4 Å². The van der Waals surface area contributed by atoms with Crippen molar-refractivity contribution >= 4 is 11.3 Å². The van der Waals surface area contributed by atoms with Crippen LogP contribution in [0.5, 0.6) is 0 Å². The summed E-state index contributed by atoms with van der Waals surface area (Å²) in [5.41, 5.74) is 15.3. The Kier molecular flexibility index (Phi) is 3.76. The molecule has 0 aromatic carbocycles. The van der Waals surface area contributed by atoms with E-state index in [1.807, 2.05) is 0 Å². The van der Waals surface area contributed by atoms with Gasteiger partial charge in [-0.15, -0.1) is 11.1 Å². The Bertz CT molecular complexity index is 199. The van der Waals surface area contributed by atoms with Crippen molar-refractivity contribution in [1.82, 2.24) is 4.52 Å². The molecule has 0 aliphatic rings. The predicted molar refractivity (Wildman–Crippen MR) is 29.1 cm³/mol. The zero-order valence-corrected chi connectivity index (χ0v) is 5.17. The molecule has 9 nitrogen and oxygen atoms in total. The molecule has 1 atom stereocenters. The lowest BCUT2D eigenvalue weighted by Crippen LogP contribution is -2.10. The van der Waals surface area contributed by atoms with Gasteiger partial charge in [0.2, 0.25) is 0 Å². The Morgan fingerprint density at radius 1 is 1.40 bits per heavy atom. The van der Waals surface area contributed by atoms with Gasteiger partial charge >= 0.3 is 0 Å². The first-order valence-electron chi connectivity index (χ1n) is 1.72. The summed E-state index contributed by atoms with van der Waals surface area (Å²) in [6.45, 7) is 0. The van der Waals surface area contributed by atoms with E-state index in [2.05, 4.69) is 20.3 Å². The second-order valence-electron chi connectivity index (χ2n) is 0.828. The lowest BCUT2D eigenvalue weighted by atomic mass is 12.4. The van der Waals surface area contributed by atoms with Crippen LogP contribution in [0.3, 0.4) is 0 Å². The van der Waals surface area contributed by atoms with Crippen LogP contribution in [0.4, 0.5) is 0 Å². The van der Waals surface area contributed by atoms with Gasteiger partial charge in [-0.1, -0.05) is 4.52 Å². The molecule has 1 unspecified atom stereocenters. The molecular weight excluding hydrogens is 162 g/mol. The van der Waals surface area contributed by atoms with Crippen LogP contribution < -0.4 is 0 Å². The minimum absolute atomic E-state index is 0.139. The Hall–Kier alpha value is -1.47. The highest BCUT2D eigenvalue weighted by molar-refractivity contribution is 7.76. The first-order chi connectivity index (χ1) is 4.72. The lowest BCUT2D eigenvalue weighted by molar-refractivity contribution is 0.409. The van der Waals surface area contributed by atoms with Crippen molar-refractivity contribution in [1.29, 1.82) is 0 Å². The minimum Gasteiger partial charge on any atom is -0.735 e. The zero-order valence-electron chi connectivity index (χ0n) is 4.36. The minimum atomic E-state index is -2.86. The summed E-state index contributed by atoms with van der Waals surface area (Å²) in [7, 11) is 0. The van der Waals surface area contributed by atoms with Crippen LogP contribution >= 0.6 is 0 Å². The standard InChI is InChI=1S/HN7O2S/c1-3-5-7(6-4-2)10(8)9/h(H,8,9)/p-1. The summed E-state index contributed by atoms with van der Waals surface area (Å²) < 4.78 is 19.6. The summed E-state index contributed by atoms with van der Waals surface area (Å²) >= 11 is -2.86. The van der Waals surface area contributed by atoms with Crippen molar-refractivity contribution in [2.45, 2.75) is 0 Å². The van der Waals surface area contributed by atoms with E-state index < -0.39 is 11.3 Å². The van der Waals surface area contributed by atoms with E-state index in [0.717, 1.165) is 0 Å². The van der Waals surface area contributed by atoms with Crippen molar-refractivity contribution in [2.24, 2.45) is 10.4 Å². The van der Waals surface area contributed by atoms with Crippen LogP contribution in [0, 0.1) is 0 Å². The third kappa shape index (κ3) is 2.74. The van der Waals surface area contributed by atoms with Crippen molar-refractivity contribution in [3.8, 4) is 0 Å². The van der Waals surface area contributed by atoms with Gasteiger partial charge in [0.05, 0.1) is 0 Å². The normalized spacial score (nSPS) is 10.5. The summed E-state index contributed by atoms with van der Waals surface area (Å²) in [6.07, 6.45) is 0. The number of azide groups is 1. The molecule has 54 valence electrons. The maximum absolute atomic E-state index is 9.88. The summed E-state index contributed by atoms with van der Waals surface area (Å²) in [6, 6.07) is 0. The fraction of sp³-hybridized carbons (Fsp3) is 0. The molecule has 0 spiro atoms. The second kappa shape index (κ2) is 4.41. The smallest absolute Gasteiger partial charge is 0.155 e. The molecule has 0 heterocycles. The Morgan fingerprint density at radius 3 is 2.00 bits per heavy atom. The number of hydrogen-bond acceptors (Lipinski definition) is 4. The van der Waals surface area contributed by atoms with E-state index in [1.54, 1.807) is 0 Å². The molecule has 10 heteroatoms. The molecule has 0 aliphatic heterocycles. The van der Waals surface area contributed by atoms with E-state index in [0.29, 0.717) is 0 Å². The quantitative estimate of drug-likeness (QED) is 0.196. The SMILES string of the molecule is [N-]=[N+]=NN(N=[N+]=[N-])S(=O)[O-]. The Labute approximate surface area is 56.9 Å². The van der Waals surface area contributed by atoms with Gasteiger partial charge < -0.3 is 4.55 Å². The summed E-state index contributed by atoms with van der Waals surface area (Å²) in [5, 5.41) is 4.99. The largest absolute Gasteiger partial charge is 0.735 e. The fourth-order valence-corrected chi connectivity index (χ4v) is 0.331. The third-order valence-corrected chi connectivity index (χ3v) is 0.779. The topological polar surface area (TPSA) is 141 Å². The molecule has 10 heavy (non-hydrogen) atoms. The molecular formula is N7O2S-. The summed E-state index contributed by atoms with van der Waals surface area (Å²) in [5.74, 6) is 0. The second-order valence-corrected chi connectivity index (χ2v) is 1.59. The zero-order chi connectivity index (χ0) is 7.98. The van der Waals surface area contributed by atoms with Gasteiger partial charge in [0.1, 0.15) is 0 Å². The van der Waals surface area contributed by atoms with Crippen molar-refractivity contribution in [3.05, 3.63) is 20.9 Å². The Morgan fingerprint density at radius 2 is 1.80 bits per heavy atom. The highest BCUT2D eigenvalue weighted by atomic mass is 32.2. The maximum atomic E-state index is 9.88. The molecule has 0 radical (unpaired) electrons.